The average Bonchev–Trinajstić information content (AvgIpc) is 3.19. The number of amides is 1. The molecule has 0 saturated carbocycles. The van der Waals surface area contributed by atoms with E-state index in [9.17, 15) is 31.1 Å². The van der Waals surface area contributed by atoms with Gasteiger partial charge in [-0.25, -0.2) is 4.79 Å². The van der Waals surface area contributed by atoms with Crippen LogP contribution in [-0.4, -0.2) is 42.7 Å². The highest BCUT2D eigenvalue weighted by Crippen LogP contribution is 2.47. The smallest absolute Gasteiger partial charge is 0.416 e. The second-order valence-electron chi connectivity index (χ2n) is 11.9. The molecule has 1 amide bonds. The number of ether oxygens (including phenoxy) is 2. The van der Waals surface area contributed by atoms with Crippen molar-refractivity contribution in [1.82, 2.24) is 4.90 Å². The number of allylic oxidation sites excluding steroid dienone is 1. The zero-order chi connectivity index (χ0) is 32.1. The van der Waals surface area contributed by atoms with Gasteiger partial charge in [0.2, 0.25) is 0 Å². The van der Waals surface area contributed by atoms with Crippen LogP contribution in [0.4, 0.5) is 36.8 Å². The number of anilines is 1. The average molecular weight is 629 g/mol. The first-order valence-electron chi connectivity index (χ1n) is 13.7. The van der Waals surface area contributed by atoms with E-state index >= 15 is 0 Å². The first-order valence-corrected chi connectivity index (χ1v) is 14.1. The zero-order valence-corrected chi connectivity index (χ0v) is 25.6. The van der Waals surface area contributed by atoms with Gasteiger partial charge in [0, 0.05) is 24.8 Å². The van der Waals surface area contributed by atoms with Crippen molar-refractivity contribution in [3.8, 4) is 5.75 Å². The molecule has 1 heterocycles. The van der Waals surface area contributed by atoms with Crippen molar-refractivity contribution in [1.29, 1.82) is 0 Å². The van der Waals surface area contributed by atoms with Crippen molar-refractivity contribution in [2.45, 2.75) is 71.5 Å². The molecule has 0 unspecified atom stereocenters. The molecule has 2 atom stereocenters. The largest absolute Gasteiger partial charge is 0.496 e. The van der Waals surface area contributed by atoms with Crippen LogP contribution in [0.2, 0.25) is 0 Å². The summed E-state index contributed by atoms with van der Waals surface area (Å²) in [5, 5.41) is 0. The van der Waals surface area contributed by atoms with Crippen LogP contribution in [-0.2, 0) is 17.1 Å². The summed E-state index contributed by atoms with van der Waals surface area (Å²) in [6, 6.07) is 6.16. The minimum atomic E-state index is -5.02. The molecule has 2 aliphatic rings. The fourth-order valence-corrected chi connectivity index (χ4v) is 5.83. The number of methoxy groups -OCH3 is 1. The zero-order valence-electron chi connectivity index (χ0n) is 24.7. The summed E-state index contributed by atoms with van der Waals surface area (Å²) in [6.45, 7) is 7.68. The van der Waals surface area contributed by atoms with Crippen LogP contribution < -0.4 is 9.64 Å². The lowest BCUT2D eigenvalue weighted by Crippen LogP contribution is -2.35. The fraction of sp³-hybridized carbons (Fsp3) is 0.484. The number of cyclic esters (lactones) is 1. The minimum absolute atomic E-state index is 0.0636. The van der Waals surface area contributed by atoms with E-state index < -0.39 is 41.7 Å². The lowest BCUT2D eigenvalue weighted by Gasteiger charge is -2.36. The van der Waals surface area contributed by atoms with Crippen molar-refractivity contribution in [3.05, 3.63) is 64.2 Å². The highest BCUT2D eigenvalue weighted by atomic mass is 32.1. The molecule has 0 N–H and O–H groups in total. The standard InChI is InChI=1S/C31H34F6N2O3S/c1-17-27(19-11-21(30(32,33)34)13-22(12-19)31(35,36)37)42-28(40)39(17)16-20-15-29(3,4)10-9-24(20)25-14-23(38(5)18(2)43)7-8-26(25)41-6/h7-8,11-14,17,27H,9-10,15-16H2,1-6H3/t17-,27-/m0/s1. The van der Waals surface area contributed by atoms with Gasteiger partial charge in [-0.15, -0.1) is 0 Å². The number of hydrogen-bond donors (Lipinski definition) is 0. The summed E-state index contributed by atoms with van der Waals surface area (Å²) in [5.41, 5.74) is 0.172. The second kappa shape index (κ2) is 11.7. The van der Waals surface area contributed by atoms with E-state index in [4.69, 9.17) is 21.7 Å². The molecule has 0 bridgehead atoms. The number of benzene rings is 2. The van der Waals surface area contributed by atoms with Crippen LogP contribution >= 0.6 is 12.2 Å². The number of carbonyl (C=O) groups is 1. The Kier molecular flexibility index (Phi) is 8.85. The Morgan fingerprint density at radius 2 is 1.70 bits per heavy atom. The molecule has 1 aliphatic carbocycles. The number of nitrogens with zero attached hydrogens (tertiary/aromatic N) is 2. The van der Waals surface area contributed by atoms with Gasteiger partial charge < -0.3 is 14.4 Å². The van der Waals surface area contributed by atoms with E-state index in [0.29, 0.717) is 35.7 Å². The van der Waals surface area contributed by atoms with Gasteiger partial charge in [0.25, 0.3) is 0 Å². The van der Waals surface area contributed by atoms with Crippen molar-refractivity contribution >= 4 is 34.6 Å². The van der Waals surface area contributed by atoms with E-state index in [0.717, 1.165) is 28.8 Å². The summed E-state index contributed by atoms with van der Waals surface area (Å²) in [6.07, 6.45) is -10.0. The minimum Gasteiger partial charge on any atom is -0.496 e. The van der Waals surface area contributed by atoms with Gasteiger partial charge in [0.05, 0.1) is 29.3 Å². The molecule has 4 rings (SSSR count). The molecular formula is C31H34F6N2O3S. The van der Waals surface area contributed by atoms with Crippen LogP contribution in [0.5, 0.6) is 5.75 Å². The van der Waals surface area contributed by atoms with Crippen LogP contribution in [0.15, 0.2) is 42.0 Å². The van der Waals surface area contributed by atoms with Gasteiger partial charge in [0.15, 0.2) is 0 Å². The molecule has 5 nitrogen and oxygen atoms in total. The number of rotatable bonds is 6. The van der Waals surface area contributed by atoms with Gasteiger partial charge in [-0.3, -0.25) is 4.90 Å². The SMILES string of the molecule is COc1ccc(N(C)C(C)=S)cc1C1=C(CN2C(=O)O[C@H](c3cc(C(F)(F)F)cc(C(F)(F)F)c3)[C@@H]2C)CC(C)(C)CC1. The Morgan fingerprint density at radius 3 is 2.23 bits per heavy atom. The van der Waals surface area contributed by atoms with Gasteiger partial charge in [0.1, 0.15) is 11.9 Å². The van der Waals surface area contributed by atoms with Crippen molar-refractivity contribution in [2.24, 2.45) is 5.41 Å². The number of alkyl halides is 6. The molecule has 43 heavy (non-hydrogen) atoms. The van der Waals surface area contributed by atoms with Crippen molar-refractivity contribution in [2.75, 3.05) is 25.6 Å². The predicted octanol–water partition coefficient (Wildman–Crippen LogP) is 9.06. The Hall–Kier alpha value is -3.28. The van der Waals surface area contributed by atoms with Crippen molar-refractivity contribution < 1.29 is 40.6 Å². The highest BCUT2D eigenvalue weighted by Gasteiger charge is 2.44. The number of carbonyl (C=O) groups excluding carboxylic acids is 1. The quantitative estimate of drug-likeness (QED) is 0.236. The molecular weight excluding hydrogens is 594 g/mol. The molecule has 1 saturated heterocycles. The van der Waals surface area contributed by atoms with Crippen LogP contribution in [0.3, 0.4) is 0 Å². The third kappa shape index (κ3) is 6.94. The van der Waals surface area contributed by atoms with Gasteiger partial charge in [-0.05, 0) is 91.6 Å². The van der Waals surface area contributed by atoms with Crippen molar-refractivity contribution in [3.63, 3.8) is 0 Å². The molecule has 234 valence electrons. The third-order valence-corrected chi connectivity index (χ3v) is 8.50. The van der Waals surface area contributed by atoms with E-state index in [2.05, 4.69) is 13.8 Å². The Labute approximate surface area is 252 Å². The second-order valence-corrected chi connectivity index (χ2v) is 12.5. The van der Waals surface area contributed by atoms with Crippen LogP contribution in [0, 0.1) is 5.41 Å². The molecule has 0 aromatic heterocycles. The topological polar surface area (TPSA) is 42.0 Å². The maximum Gasteiger partial charge on any atom is 0.416 e. The third-order valence-electron chi connectivity index (χ3n) is 8.23. The molecule has 2 aromatic carbocycles. The van der Waals surface area contributed by atoms with E-state index in [1.165, 1.54) is 4.90 Å². The van der Waals surface area contributed by atoms with E-state index in [1.807, 2.05) is 37.1 Å². The van der Waals surface area contributed by atoms with Gasteiger partial charge in [-0.1, -0.05) is 26.1 Å². The lowest BCUT2D eigenvalue weighted by atomic mass is 9.72. The summed E-state index contributed by atoms with van der Waals surface area (Å²) >= 11 is 5.34. The Balaban J connectivity index is 1.76. The number of halogens is 6. The molecule has 1 fully saturated rings. The maximum absolute atomic E-state index is 13.5. The summed E-state index contributed by atoms with van der Waals surface area (Å²) in [5.74, 6) is 0.630. The monoisotopic (exact) mass is 628 g/mol. The van der Waals surface area contributed by atoms with E-state index in [1.54, 1.807) is 14.0 Å². The van der Waals surface area contributed by atoms with Gasteiger partial charge in [-0.2, -0.15) is 26.3 Å². The highest BCUT2D eigenvalue weighted by molar-refractivity contribution is 7.80. The first-order chi connectivity index (χ1) is 19.8. The Bertz CT molecular complexity index is 1420. The molecule has 0 radical (unpaired) electrons. The summed E-state index contributed by atoms with van der Waals surface area (Å²) in [7, 11) is 3.42. The molecule has 2 aromatic rings. The molecule has 12 heteroatoms. The van der Waals surface area contributed by atoms with Crippen LogP contribution in [0.1, 0.15) is 75.3 Å². The molecule has 1 aliphatic heterocycles. The number of hydrogen-bond acceptors (Lipinski definition) is 4. The normalized spacial score (nSPS) is 20.7. The van der Waals surface area contributed by atoms with Crippen LogP contribution in [0.25, 0.3) is 5.57 Å². The molecule has 0 spiro atoms. The van der Waals surface area contributed by atoms with E-state index in [-0.39, 0.29) is 23.6 Å². The summed E-state index contributed by atoms with van der Waals surface area (Å²) in [4.78, 5) is 17.0. The maximum atomic E-state index is 13.5. The first kappa shape index (κ1) is 32.6. The van der Waals surface area contributed by atoms with Gasteiger partial charge >= 0.3 is 18.4 Å². The summed E-state index contributed by atoms with van der Waals surface area (Å²) < 4.78 is 92.3. The lowest BCUT2D eigenvalue weighted by molar-refractivity contribution is -0.143. The Morgan fingerprint density at radius 1 is 1.09 bits per heavy atom. The fourth-order valence-electron chi connectivity index (χ4n) is 5.72. The predicted molar refractivity (Wildman–Crippen MR) is 156 cm³/mol. The number of thiocarbonyl (C=S) groups is 1.